The largest absolute Gasteiger partial charge is 0.399 e. The smallest absolute Gasteiger partial charge is 0.150 e. The molecule has 0 bridgehead atoms. The number of sulfone groups is 1. The zero-order valence-electron chi connectivity index (χ0n) is 8.94. The van der Waals surface area contributed by atoms with Gasteiger partial charge in [0.1, 0.15) is 0 Å². The maximum absolute atomic E-state index is 11.4. The highest BCUT2D eigenvalue weighted by Gasteiger charge is 2.08. The summed E-state index contributed by atoms with van der Waals surface area (Å²) in [6.07, 6.45) is 1.26. The van der Waals surface area contributed by atoms with E-state index in [1.807, 2.05) is 19.1 Å². The van der Waals surface area contributed by atoms with Crippen molar-refractivity contribution >= 4 is 15.5 Å². The Morgan fingerprint density at radius 3 is 2.27 bits per heavy atom. The molecule has 0 aliphatic heterocycles. The van der Waals surface area contributed by atoms with Crippen molar-refractivity contribution in [2.75, 3.05) is 17.2 Å². The predicted molar refractivity (Wildman–Crippen MR) is 63.5 cm³/mol. The summed E-state index contributed by atoms with van der Waals surface area (Å²) in [6, 6.07) is 7.33. The van der Waals surface area contributed by atoms with Gasteiger partial charge in [0.25, 0.3) is 0 Å². The van der Waals surface area contributed by atoms with Crippen molar-refractivity contribution in [3.05, 3.63) is 29.8 Å². The first kappa shape index (κ1) is 12.0. The van der Waals surface area contributed by atoms with Crippen LogP contribution in [0.1, 0.15) is 18.9 Å². The minimum atomic E-state index is -2.87. The summed E-state index contributed by atoms with van der Waals surface area (Å²) in [6.45, 7) is 1.88. The van der Waals surface area contributed by atoms with Gasteiger partial charge in [0.2, 0.25) is 0 Å². The van der Waals surface area contributed by atoms with E-state index in [1.54, 1.807) is 12.1 Å². The zero-order chi connectivity index (χ0) is 11.3. The van der Waals surface area contributed by atoms with E-state index in [1.165, 1.54) is 0 Å². The number of rotatable bonds is 5. The van der Waals surface area contributed by atoms with Crippen molar-refractivity contribution in [2.45, 2.75) is 19.8 Å². The summed E-state index contributed by atoms with van der Waals surface area (Å²) in [5.74, 6) is 0.507. The summed E-state index contributed by atoms with van der Waals surface area (Å²) in [5.41, 5.74) is 7.26. The van der Waals surface area contributed by atoms with Gasteiger partial charge in [-0.1, -0.05) is 19.1 Å². The van der Waals surface area contributed by atoms with Crippen LogP contribution in [-0.2, 0) is 16.3 Å². The molecule has 0 aliphatic carbocycles. The van der Waals surface area contributed by atoms with E-state index in [0.717, 1.165) is 5.56 Å². The highest BCUT2D eigenvalue weighted by atomic mass is 32.2. The van der Waals surface area contributed by atoms with Crippen molar-refractivity contribution < 1.29 is 8.42 Å². The minimum Gasteiger partial charge on any atom is -0.399 e. The molecule has 0 aromatic heterocycles. The lowest BCUT2D eigenvalue weighted by molar-refractivity contribution is 0.594. The van der Waals surface area contributed by atoms with E-state index >= 15 is 0 Å². The zero-order valence-corrected chi connectivity index (χ0v) is 9.76. The van der Waals surface area contributed by atoms with Crippen LogP contribution in [0.2, 0.25) is 0 Å². The Hall–Kier alpha value is -1.03. The van der Waals surface area contributed by atoms with Crippen LogP contribution in [0.3, 0.4) is 0 Å². The highest BCUT2D eigenvalue weighted by Crippen LogP contribution is 2.07. The Bertz CT molecular complexity index is 395. The molecular weight excluding hydrogens is 210 g/mol. The average Bonchev–Trinajstić information content (AvgIpc) is 2.17. The van der Waals surface area contributed by atoms with E-state index in [-0.39, 0.29) is 11.5 Å². The molecule has 0 aliphatic rings. The van der Waals surface area contributed by atoms with Gasteiger partial charge >= 0.3 is 0 Å². The Morgan fingerprint density at radius 1 is 1.13 bits per heavy atom. The monoisotopic (exact) mass is 227 g/mol. The molecule has 0 saturated heterocycles. The first-order chi connectivity index (χ1) is 7.03. The molecule has 0 unspecified atom stereocenters. The van der Waals surface area contributed by atoms with Gasteiger partial charge in [0.05, 0.1) is 5.75 Å². The molecular formula is C11H17NO2S. The lowest BCUT2D eigenvalue weighted by atomic mass is 10.2. The Kier molecular flexibility index (Phi) is 4.15. The second kappa shape index (κ2) is 5.16. The maximum atomic E-state index is 11.4. The summed E-state index contributed by atoms with van der Waals surface area (Å²) in [4.78, 5) is 0. The molecule has 4 heteroatoms. The number of nitrogen functional groups attached to an aromatic ring is 1. The first-order valence-electron chi connectivity index (χ1n) is 5.08. The summed E-state index contributed by atoms with van der Waals surface area (Å²) in [7, 11) is -2.87. The molecule has 1 aromatic carbocycles. The Labute approximate surface area is 91.2 Å². The van der Waals surface area contributed by atoms with Crippen molar-refractivity contribution in [1.29, 1.82) is 0 Å². The second-order valence-corrected chi connectivity index (χ2v) is 5.95. The van der Waals surface area contributed by atoms with Crippen LogP contribution < -0.4 is 5.73 Å². The van der Waals surface area contributed by atoms with Crippen molar-refractivity contribution in [3.8, 4) is 0 Å². The number of aryl methyl sites for hydroxylation is 1. The average molecular weight is 227 g/mol. The second-order valence-electron chi connectivity index (χ2n) is 3.64. The van der Waals surface area contributed by atoms with E-state index < -0.39 is 9.84 Å². The van der Waals surface area contributed by atoms with Crippen LogP contribution >= 0.6 is 0 Å². The molecule has 0 heterocycles. The van der Waals surface area contributed by atoms with Gasteiger partial charge in [-0.3, -0.25) is 0 Å². The van der Waals surface area contributed by atoms with Crippen LogP contribution in [-0.4, -0.2) is 19.9 Å². The SMILES string of the molecule is CCCS(=O)(=O)CCc1ccc(N)cc1. The van der Waals surface area contributed by atoms with E-state index in [4.69, 9.17) is 5.73 Å². The summed E-state index contributed by atoms with van der Waals surface area (Å²) < 4.78 is 22.9. The minimum absolute atomic E-state index is 0.227. The fourth-order valence-electron chi connectivity index (χ4n) is 1.37. The number of anilines is 1. The highest BCUT2D eigenvalue weighted by molar-refractivity contribution is 7.91. The summed E-state index contributed by atoms with van der Waals surface area (Å²) in [5, 5.41) is 0. The fourth-order valence-corrected chi connectivity index (χ4v) is 2.74. The molecule has 84 valence electrons. The molecule has 15 heavy (non-hydrogen) atoms. The third-order valence-electron chi connectivity index (χ3n) is 2.20. The van der Waals surface area contributed by atoms with Gasteiger partial charge in [0.15, 0.2) is 9.84 Å². The van der Waals surface area contributed by atoms with Crippen LogP contribution in [0.25, 0.3) is 0 Å². The van der Waals surface area contributed by atoms with Crippen molar-refractivity contribution in [2.24, 2.45) is 0 Å². The van der Waals surface area contributed by atoms with Crippen LogP contribution in [0.15, 0.2) is 24.3 Å². The molecule has 0 fully saturated rings. The van der Waals surface area contributed by atoms with Gasteiger partial charge in [-0.2, -0.15) is 0 Å². The van der Waals surface area contributed by atoms with Gasteiger partial charge in [-0.05, 0) is 30.5 Å². The molecule has 3 nitrogen and oxygen atoms in total. The third-order valence-corrected chi connectivity index (χ3v) is 4.05. The molecule has 0 atom stereocenters. The molecule has 0 amide bonds. The van der Waals surface area contributed by atoms with E-state index in [2.05, 4.69) is 0 Å². The Morgan fingerprint density at radius 2 is 1.73 bits per heavy atom. The lowest BCUT2D eigenvalue weighted by Crippen LogP contribution is -2.12. The van der Waals surface area contributed by atoms with Crippen LogP contribution in [0.4, 0.5) is 5.69 Å². The van der Waals surface area contributed by atoms with Crippen molar-refractivity contribution in [3.63, 3.8) is 0 Å². The van der Waals surface area contributed by atoms with Crippen molar-refractivity contribution in [1.82, 2.24) is 0 Å². The molecule has 0 spiro atoms. The maximum Gasteiger partial charge on any atom is 0.150 e. The van der Waals surface area contributed by atoms with Crippen LogP contribution in [0, 0.1) is 0 Å². The third kappa shape index (κ3) is 4.34. The number of benzene rings is 1. The van der Waals surface area contributed by atoms with E-state index in [9.17, 15) is 8.42 Å². The van der Waals surface area contributed by atoms with Gasteiger partial charge < -0.3 is 5.73 Å². The standard InChI is InChI=1S/C11H17NO2S/c1-2-8-15(13,14)9-7-10-3-5-11(12)6-4-10/h3-6H,2,7-9,12H2,1H3. The number of hydrogen-bond donors (Lipinski definition) is 1. The van der Waals surface area contributed by atoms with E-state index in [0.29, 0.717) is 18.5 Å². The fraction of sp³-hybridized carbons (Fsp3) is 0.455. The van der Waals surface area contributed by atoms with Gasteiger partial charge in [-0.15, -0.1) is 0 Å². The number of nitrogens with two attached hydrogens (primary N) is 1. The molecule has 0 radical (unpaired) electrons. The lowest BCUT2D eigenvalue weighted by Gasteiger charge is -2.03. The normalized spacial score (nSPS) is 11.5. The number of hydrogen-bond acceptors (Lipinski definition) is 3. The molecule has 0 saturated carbocycles. The molecule has 1 rings (SSSR count). The Balaban J connectivity index is 2.54. The molecule has 1 aromatic rings. The summed E-state index contributed by atoms with van der Waals surface area (Å²) >= 11 is 0. The molecule has 2 N–H and O–H groups in total. The predicted octanol–water partition coefficient (Wildman–Crippen LogP) is 1.64. The van der Waals surface area contributed by atoms with Gasteiger partial charge in [0, 0.05) is 11.4 Å². The topological polar surface area (TPSA) is 60.2 Å². The van der Waals surface area contributed by atoms with Gasteiger partial charge in [-0.25, -0.2) is 8.42 Å². The quantitative estimate of drug-likeness (QED) is 0.778. The first-order valence-corrected chi connectivity index (χ1v) is 6.90. The van der Waals surface area contributed by atoms with Crippen LogP contribution in [0.5, 0.6) is 0 Å².